The minimum Gasteiger partial charge on any atom is -0.507 e. The number of carbonyl (C=O) groups excluding carboxylic acids is 3. The molecule has 3 aliphatic heterocycles. The molecule has 3 aromatic carbocycles. The van der Waals surface area contributed by atoms with Gasteiger partial charge >= 0.3 is 11.8 Å². The zero-order valence-corrected chi connectivity index (χ0v) is 34.5. The number of aliphatic imine (C=N–C) groups is 1. The van der Waals surface area contributed by atoms with Crippen LogP contribution in [-0.4, -0.2) is 86.7 Å². The number of aliphatic hydroxyl groups excluding tert-OH is 2. The molecule has 6 rings (SSSR count). The summed E-state index contributed by atoms with van der Waals surface area (Å²) in [6, 6.07) is 6.60. The van der Waals surface area contributed by atoms with Crippen molar-refractivity contribution in [2.75, 3.05) is 18.2 Å². The molecule has 9 unspecified atom stereocenters. The molecule has 316 valence electrons. The van der Waals surface area contributed by atoms with E-state index in [1.165, 1.54) is 53.2 Å². The van der Waals surface area contributed by atoms with Gasteiger partial charge in [0.1, 0.15) is 23.4 Å². The van der Waals surface area contributed by atoms with E-state index < -0.39 is 88.8 Å². The lowest BCUT2D eigenvalue weighted by Gasteiger charge is -2.38. The Labute approximate surface area is 342 Å². The number of esters is 1. The van der Waals surface area contributed by atoms with E-state index in [2.05, 4.69) is 10.3 Å². The Balaban J connectivity index is 1.74. The first-order chi connectivity index (χ1) is 27.7. The van der Waals surface area contributed by atoms with Gasteiger partial charge in [0.15, 0.2) is 5.75 Å². The molecular weight excluding hydrogens is 762 g/mol. The number of methoxy groups -OCH3 is 1. The Bertz CT molecular complexity index is 2260. The molecule has 59 heavy (non-hydrogen) atoms. The zero-order chi connectivity index (χ0) is 43.7. The number of phenolic OH excluding ortho intramolecular Hbond substituents is 3. The number of nitrogens with two attached hydrogens (primary N) is 1. The topological polar surface area (TPSA) is 240 Å². The Morgan fingerprint density at radius 2 is 1.63 bits per heavy atom. The molecule has 15 heteroatoms. The maximum absolute atomic E-state index is 14.4. The number of allylic oxidation sites excluding steroid dienone is 2. The van der Waals surface area contributed by atoms with Crippen LogP contribution in [0.1, 0.15) is 70.0 Å². The van der Waals surface area contributed by atoms with Crippen LogP contribution in [0.3, 0.4) is 0 Å². The Morgan fingerprint density at radius 3 is 2.27 bits per heavy atom. The highest BCUT2D eigenvalue weighted by Gasteiger charge is 2.50. The summed E-state index contributed by atoms with van der Waals surface area (Å²) in [5.41, 5.74) is 6.09. The van der Waals surface area contributed by atoms with Crippen molar-refractivity contribution in [3.05, 3.63) is 77.1 Å². The van der Waals surface area contributed by atoms with Gasteiger partial charge in [-0.1, -0.05) is 58.1 Å². The van der Waals surface area contributed by atoms with Gasteiger partial charge in [-0.05, 0) is 32.1 Å². The lowest BCUT2D eigenvalue weighted by molar-refractivity contribution is -0.160. The number of para-hydroxylation sites is 2. The quantitative estimate of drug-likeness (QED) is 0.0520. The van der Waals surface area contributed by atoms with Gasteiger partial charge in [-0.3, -0.25) is 19.4 Å². The number of ketones is 1. The number of hydrogen-bond donors (Lipinski definition) is 7. The number of fused-ring (bicyclic) bond motifs is 14. The van der Waals surface area contributed by atoms with E-state index in [1.54, 1.807) is 64.1 Å². The summed E-state index contributed by atoms with van der Waals surface area (Å²) >= 11 is 0. The zero-order valence-electron chi connectivity index (χ0n) is 34.5. The smallest absolute Gasteiger partial charge is 0.312 e. The Morgan fingerprint density at radius 1 is 0.949 bits per heavy atom. The first kappa shape index (κ1) is 44.2. The molecule has 5 bridgehead atoms. The second kappa shape index (κ2) is 17.5. The molecule has 3 aliphatic rings. The van der Waals surface area contributed by atoms with Gasteiger partial charge in [-0.25, -0.2) is 0 Å². The van der Waals surface area contributed by atoms with Crippen LogP contribution in [-0.2, 0) is 23.8 Å². The average molecular weight is 816 g/mol. The number of aromatic hydroxyl groups is 3. The summed E-state index contributed by atoms with van der Waals surface area (Å²) in [6.07, 6.45) is 4.57. The summed E-state index contributed by atoms with van der Waals surface area (Å²) in [6.45, 7) is 12.4. The highest BCUT2D eigenvalue weighted by molar-refractivity contribution is 6.24. The number of phenols is 3. The molecule has 0 radical (unpaired) electrons. The molecule has 0 saturated heterocycles. The molecule has 0 fully saturated rings. The largest absolute Gasteiger partial charge is 0.507 e. The van der Waals surface area contributed by atoms with Crippen molar-refractivity contribution < 1.29 is 58.9 Å². The third-order valence-corrected chi connectivity index (χ3v) is 11.3. The second-order valence-electron chi connectivity index (χ2n) is 15.4. The van der Waals surface area contributed by atoms with Crippen molar-refractivity contribution in [3.8, 4) is 23.0 Å². The Kier molecular flexibility index (Phi) is 13.1. The van der Waals surface area contributed by atoms with Crippen molar-refractivity contribution in [1.82, 2.24) is 0 Å². The van der Waals surface area contributed by atoms with E-state index in [9.17, 15) is 39.9 Å². The monoisotopic (exact) mass is 815 g/mol. The molecule has 0 spiro atoms. The van der Waals surface area contributed by atoms with Crippen LogP contribution in [0.15, 0.2) is 65.4 Å². The van der Waals surface area contributed by atoms with E-state index >= 15 is 0 Å². The molecule has 9 atom stereocenters. The van der Waals surface area contributed by atoms with Crippen molar-refractivity contribution >= 4 is 51.7 Å². The summed E-state index contributed by atoms with van der Waals surface area (Å²) < 4.78 is 23.5. The van der Waals surface area contributed by atoms with Crippen LogP contribution >= 0.6 is 0 Å². The van der Waals surface area contributed by atoms with Crippen molar-refractivity contribution in [1.29, 1.82) is 0 Å². The molecule has 0 saturated carbocycles. The fourth-order valence-electron chi connectivity index (χ4n) is 7.61. The minimum atomic E-state index is -2.07. The second-order valence-corrected chi connectivity index (χ2v) is 15.4. The van der Waals surface area contributed by atoms with E-state index in [1.807, 2.05) is 0 Å². The number of amides is 1. The van der Waals surface area contributed by atoms with E-state index in [4.69, 9.17) is 24.7 Å². The SMILES string of the molecule is COC1C=COC2(C)Oc3c(C)c(O)c4c(O)c(c(C=Nc5ccccc5N)c(O)c4c3C2=O)NC(=O)/C(C)=C\C=C/C(C)C(O)C(C)C(O)C(C)C(OC(C)=O)C1C. The highest BCUT2D eigenvalue weighted by atomic mass is 16.7. The lowest BCUT2D eigenvalue weighted by atomic mass is 9.78. The number of benzene rings is 3. The van der Waals surface area contributed by atoms with Gasteiger partial charge < -0.3 is 55.5 Å². The van der Waals surface area contributed by atoms with Crippen LogP contribution in [0, 0.1) is 30.6 Å². The van der Waals surface area contributed by atoms with Gasteiger partial charge in [0.25, 0.3) is 11.7 Å². The standard InChI is InChI=1S/C44H53N3O12/c1-20-13-12-14-21(2)43(55)47-34-27(19-46-29-16-11-10-15-28(29)45)38(52)31-32(39(34)53)37(51)25(6)41-33(31)42(54)44(8,59-41)57-18-17-30(56-9)22(3)40(58-26(7)48)24(5)36(50)23(4)35(20)49/h10-20,22-24,30,35-36,40,49-53H,45H2,1-9H3,(H,47,55)/b13-12-,18-17?,21-14-,46-19?. The third-order valence-electron chi connectivity index (χ3n) is 11.3. The number of ether oxygens (including phenoxy) is 4. The summed E-state index contributed by atoms with van der Waals surface area (Å²) in [4.78, 5) is 44.9. The van der Waals surface area contributed by atoms with E-state index in [-0.39, 0.29) is 44.5 Å². The number of rotatable bonds is 4. The number of Topliss-reactive ketones (excluding diaryl/α,β-unsaturated/α-hetero) is 1. The summed E-state index contributed by atoms with van der Waals surface area (Å²) in [5, 5.41) is 60.3. The van der Waals surface area contributed by atoms with Gasteiger partial charge in [-0.2, -0.15) is 0 Å². The molecule has 0 aromatic heterocycles. The highest BCUT2D eigenvalue weighted by Crippen LogP contribution is 2.55. The van der Waals surface area contributed by atoms with E-state index in [0.717, 1.165) is 6.21 Å². The van der Waals surface area contributed by atoms with Crippen LogP contribution in [0.25, 0.3) is 10.8 Å². The van der Waals surface area contributed by atoms with Crippen LogP contribution in [0.2, 0.25) is 0 Å². The summed E-state index contributed by atoms with van der Waals surface area (Å²) in [5.74, 6) is -8.70. The van der Waals surface area contributed by atoms with Gasteiger partial charge in [0, 0.05) is 67.4 Å². The lowest BCUT2D eigenvalue weighted by Crippen LogP contribution is -2.46. The van der Waals surface area contributed by atoms with Gasteiger partial charge in [0.05, 0.1) is 58.1 Å². The molecule has 8 N–H and O–H groups in total. The van der Waals surface area contributed by atoms with Crippen LogP contribution in [0.5, 0.6) is 23.0 Å². The third kappa shape index (κ3) is 8.49. The number of nitrogens with one attached hydrogen (secondary N) is 1. The van der Waals surface area contributed by atoms with E-state index in [0.29, 0.717) is 11.4 Å². The predicted octanol–water partition coefficient (Wildman–Crippen LogP) is 6.09. The number of nitrogens with zero attached hydrogens (tertiary/aromatic N) is 1. The number of nitrogen functional groups attached to an aromatic ring is 1. The fraction of sp³-hybridized carbons (Fsp3) is 0.409. The minimum absolute atomic E-state index is 0.0278. The molecular formula is C44H53N3O12. The molecule has 1 amide bonds. The summed E-state index contributed by atoms with van der Waals surface area (Å²) in [7, 11) is 1.43. The molecule has 3 aromatic rings. The number of carbonyl (C=O) groups is 3. The van der Waals surface area contributed by atoms with Crippen molar-refractivity contribution in [2.45, 2.75) is 85.6 Å². The van der Waals surface area contributed by atoms with Gasteiger partial charge in [-0.15, -0.1) is 0 Å². The van der Waals surface area contributed by atoms with Crippen LogP contribution < -0.4 is 15.8 Å². The number of hydrogen-bond acceptors (Lipinski definition) is 14. The van der Waals surface area contributed by atoms with Crippen LogP contribution in [0.4, 0.5) is 17.1 Å². The predicted molar refractivity (Wildman–Crippen MR) is 222 cm³/mol. The normalized spacial score (nSPS) is 29.5. The fourth-order valence-corrected chi connectivity index (χ4v) is 7.61. The van der Waals surface area contributed by atoms with Crippen molar-refractivity contribution in [2.24, 2.45) is 28.7 Å². The molecule has 15 nitrogen and oxygen atoms in total. The maximum atomic E-state index is 14.4. The average Bonchev–Trinajstić information content (AvgIpc) is 3.46. The molecule has 3 heterocycles. The first-order valence-corrected chi connectivity index (χ1v) is 19.2. The Hall–Kier alpha value is -5.90. The maximum Gasteiger partial charge on any atom is 0.312 e. The van der Waals surface area contributed by atoms with Crippen molar-refractivity contribution in [3.63, 3.8) is 0 Å². The molecule has 0 aliphatic carbocycles. The first-order valence-electron chi connectivity index (χ1n) is 19.2. The number of anilines is 2. The number of aliphatic hydroxyl groups is 2. The van der Waals surface area contributed by atoms with Gasteiger partial charge in [0.2, 0.25) is 0 Å².